The fraction of sp³-hybridized carbons (Fsp3) is 0.118. The molecule has 0 spiro atoms. The molecular formula is C17H15ClN2O4. The number of nitrogens with one attached hydrogen (secondary N) is 1. The summed E-state index contributed by atoms with van der Waals surface area (Å²) in [5, 5.41) is 4.44. The number of hydrogen-bond donors (Lipinski definition) is 1. The lowest BCUT2D eigenvalue weighted by Crippen LogP contribution is -2.17. The first-order valence-electron chi connectivity index (χ1n) is 6.95. The Bertz CT molecular complexity index is 773. The highest BCUT2D eigenvalue weighted by Gasteiger charge is 2.07. The number of hydrazone groups is 1. The predicted octanol–water partition coefficient (Wildman–Crippen LogP) is 3.04. The molecule has 0 saturated carbocycles. The zero-order valence-corrected chi connectivity index (χ0v) is 13.8. The van der Waals surface area contributed by atoms with Crippen molar-refractivity contribution >= 4 is 29.7 Å². The topological polar surface area (TPSA) is 77.0 Å². The molecule has 124 valence electrons. The number of nitrogens with zero attached hydrogens (tertiary/aromatic N) is 1. The van der Waals surface area contributed by atoms with Crippen molar-refractivity contribution in [2.75, 3.05) is 7.11 Å². The Labute approximate surface area is 144 Å². The quantitative estimate of drug-likeness (QED) is 0.391. The molecule has 0 aromatic heterocycles. The largest absolute Gasteiger partial charge is 0.493 e. The van der Waals surface area contributed by atoms with E-state index >= 15 is 0 Å². The highest BCUT2D eigenvalue weighted by molar-refractivity contribution is 6.30. The molecule has 6 nitrogen and oxygen atoms in total. The van der Waals surface area contributed by atoms with Gasteiger partial charge in [-0.3, -0.25) is 9.59 Å². The summed E-state index contributed by atoms with van der Waals surface area (Å²) >= 11 is 5.77. The Morgan fingerprint density at radius 1 is 1.12 bits per heavy atom. The molecule has 0 bridgehead atoms. The summed E-state index contributed by atoms with van der Waals surface area (Å²) in [6, 6.07) is 11.4. The number of methoxy groups -OCH3 is 1. The smallest absolute Gasteiger partial charge is 0.308 e. The van der Waals surface area contributed by atoms with Crippen molar-refractivity contribution in [1.82, 2.24) is 5.43 Å². The standard InChI is InChI=1S/C17H15ClN2O4/c1-11(21)24-15-8-3-12(9-16(15)23-2)10-19-20-17(22)13-4-6-14(18)7-5-13/h3-10H,1-2H3,(H,20,22). The number of esters is 1. The van der Waals surface area contributed by atoms with E-state index in [0.29, 0.717) is 27.6 Å². The Morgan fingerprint density at radius 2 is 1.83 bits per heavy atom. The van der Waals surface area contributed by atoms with Crippen LogP contribution in [0.4, 0.5) is 0 Å². The number of halogens is 1. The third kappa shape index (κ3) is 4.82. The van der Waals surface area contributed by atoms with Gasteiger partial charge in [-0.1, -0.05) is 11.6 Å². The van der Waals surface area contributed by atoms with Crippen LogP contribution in [0.2, 0.25) is 5.02 Å². The van der Waals surface area contributed by atoms with Gasteiger partial charge in [0.2, 0.25) is 0 Å². The third-order valence-electron chi connectivity index (χ3n) is 2.93. The number of rotatable bonds is 5. The second kappa shape index (κ2) is 8.12. The Morgan fingerprint density at radius 3 is 2.46 bits per heavy atom. The molecule has 0 heterocycles. The van der Waals surface area contributed by atoms with Gasteiger partial charge in [0.1, 0.15) is 0 Å². The molecule has 24 heavy (non-hydrogen) atoms. The fourth-order valence-electron chi connectivity index (χ4n) is 1.83. The number of hydrogen-bond acceptors (Lipinski definition) is 5. The maximum absolute atomic E-state index is 11.9. The maximum Gasteiger partial charge on any atom is 0.308 e. The van der Waals surface area contributed by atoms with E-state index in [1.807, 2.05) is 0 Å². The zero-order valence-electron chi connectivity index (χ0n) is 13.1. The number of carbonyl (C=O) groups is 2. The van der Waals surface area contributed by atoms with E-state index in [4.69, 9.17) is 21.1 Å². The van der Waals surface area contributed by atoms with Crippen molar-refractivity contribution < 1.29 is 19.1 Å². The summed E-state index contributed by atoms with van der Waals surface area (Å²) in [6.45, 7) is 1.31. The first kappa shape index (κ1) is 17.5. The summed E-state index contributed by atoms with van der Waals surface area (Å²) in [5.41, 5.74) is 3.52. The minimum Gasteiger partial charge on any atom is -0.493 e. The minimum atomic E-state index is -0.440. The normalized spacial score (nSPS) is 10.5. The molecule has 2 aromatic rings. The molecule has 1 N–H and O–H groups in total. The van der Waals surface area contributed by atoms with Gasteiger partial charge < -0.3 is 9.47 Å². The number of benzene rings is 2. The van der Waals surface area contributed by atoms with Crippen molar-refractivity contribution in [3.8, 4) is 11.5 Å². The van der Waals surface area contributed by atoms with Crippen LogP contribution in [-0.2, 0) is 4.79 Å². The van der Waals surface area contributed by atoms with E-state index < -0.39 is 5.97 Å². The second-order valence-corrected chi connectivity index (χ2v) is 5.15. The van der Waals surface area contributed by atoms with Crippen LogP contribution in [-0.4, -0.2) is 25.2 Å². The Balaban J connectivity index is 2.04. The van der Waals surface area contributed by atoms with Gasteiger partial charge in [0.05, 0.1) is 13.3 Å². The maximum atomic E-state index is 11.9. The van der Waals surface area contributed by atoms with Gasteiger partial charge in [-0.2, -0.15) is 5.10 Å². The van der Waals surface area contributed by atoms with Crippen LogP contribution < -0.4 is 14.9 Å². The van der Waals surface area contributed by atoms with Crippen molar-refractivity contribution in [1.29, 1.82) is 0 Å². The van der Waals surface area contributed by atoms with Crippen LogP contribution >= 0.6 is 11.6 Å². The van der Waals surface area contributed by atoms with Crippen LogP contribution in [0.5, 0.6) is 11.5 Å². The van der Waals surface area contributed by atoms with Crippen molar-refractivity contribution in [3.05, 3.63) is 58.6 Å². The first-order valence-corrected chi connectivity index (χ1v) is 7.33. The SMILES string of the molecule is COc1cc(C=NNC(=O)c2ccc(Cl)cc2)ccc1OC(C)=O. The molecule has 0 aliphatic carbocycles. The number of ether oxygens (including phenoxy) is 2. The fourth-order valence-corrected chi connectivity index (χ4v) is 1.96. The molecule has 7 heteroatoms. The summed E-state index contributed by atoms with van der Waals surface area (Å²) < 4.78 is 10.2. The number of carbonyl (C=O) groups excluding carboxylic acids is 2. The predicted molar refractivity (Wildman–Crippen MR) is 90.8 cm³/mol. The molecular weight excluding hydrogens is 332 g/mol. The molecule has 0 aliphatic heterocycles. The average Bonchev–Trinajstić information content (AvgIpc) is 2.56. The van der Waals surface area contributed by atoms with Crippen LogP contribution in [0.3, 0.4) is 0 Å². The molecule has 1 amide bonds. The average molecular weight is 347 g/mol. The van der Waals surface area contributed by atoms with Crippen LogP contribution in [0.25, 0.3) is 0 Å². The monoisotopic (exact) mass is 346 g/mol. The number of amides is 1. The van der Waals surface area contributed by atoms with Gasteiger partial charge >= 0.3 is 5.97 Å². The van der Waals surface area contributed by atoms with Crippen LogP contribution in [0.15, 0.2) is 47.6 Å². The van der Waals surface area contributed by atoms with Gasteiger partial charge in [-0.15, -0.1) is 0 Å². The third-order valence-corrected chi connectivity index (χ3v) is 3.18. The van der Waals surface area contributed by atoms with E-state index in [2.05, 4.69) is 10.5 Å². The lowest BCUT2D eigenvalue weighted by Gasteiger charge is -2.08. The summed E-state index contributed by atoms with van der Waals surface area (Å²) in [4.78, 5) is 22.9. The molecule has 0 radical (unpaired) electrons. The molecule has 0 saturated heterocycles. The van der Waals surface area contributed by atoms with Crippen LogP contribution in [0, 0.1) is 0 Å². The van der Waals surface area contributed by atoms with Crippen molar-refractivity contribution in [2.45, 2.75) is 6.92 Å². The van der Waals surface area contributed by atoms with Crippen molar-refractivity contribution in [3.63, 3.8) is 0 Å². The van der Waals surface area contributed by atoms with Gasteiger partial charge in [-0.25, -0.2) is 5.43 Å². The lowest BCUT2D eigenvalue weighted by atomic mass is 10.2. The van der Waals surface area contributed by atoms with Gasteiger partial charge in [0.25, 0.3) is 5.91 Å². The van der Waals surface area contributed by atoms with Gasteiger partial charge in [0.15, 0.2) is 11.5 Å². The Kier molecular flexibility index (Phi) is 5.92. The van der Waals surface area contributed by atoms with E-state index in [0.717, 1.165) is 0 Å². The van der Waals surface area contributed by atoms with Crippen molar-refractivity contribution in [2.24, 2.45) is 5.10 Å². The first-order chi connectivity index (χ1) is 11.5. The van der Waals surface area contributed by atoms with E-state index in [9.17, 15) is 9.59 Å². The molecule has 0 aliphatic rings. The summed E-state index contributed by atoms with van der Waals surface area (Å²) in [7, 11) is 1.46. The molecule has 2 aromatic carbocycles. The zero-order chi connectivity index (χ0) is 17.5. The van der Waals surface area contributed by atoms with E-state index in [-0.39, 0.29) is 5.91 Å². The molecule has 0 fully saturated rings. The highest BCUT2D eigenvalue weighted by Crippen LogP contribution is 2.27. The van der Waals surface area contributed by atoms with E-state index in [1.165, 1.54) is 20.2 Å². The molecule has 2 rings (SSSR count). The van der Waals surface area contributed by atoms with Gasteiger partial charge in [-0.05, 0) is 48.0 Å². The summed E-state index contributed by atoms with van der Waals surface area (Å²) in [5.74, 6) is -0.0955. The lowest BCUT2D eigenvalue weighted by molar-refractivity contribution is -0.132. The Hall–Kier alpha value is -2.86. The summed E-state index contributed by atoms with van der Waals surface area (Å²) in [6.07, 6.45) is 1.45. The van der Waals surface area contributed by atoms with E-state index in [1.54, 1.807) is 42.5 Å². The molecule has 0 atom stereocenters. The minimum absolute atomic E-state index is 0.312. The second-order valence-electron chi connectivity index (χ2n) is 4.71. The molecule has 0 unspecified atom stereocenters. The highest BCUT2D eigenvalue weighted by atomic mass is 35.5. The van der Waals surface area contributed by atoms with Crippen LogP contribution in [0.1, 0.15) is 22.8 Å². The van der Waals surface area contributed by atoms with Gasteiger partial charge in [0, 0.05) is 17.5 Å².